The maximum atomic E-state index is 13.5. The van der Waals surface area contributed by atoms with Gasteiger partial charge in [0.25, 0.3) is 5.91 Å². The van der Waals surface area contributed by atoms with Crippen molar-refractivity contribution in [2.75, 3.05) is 5.73 Å². The zero-order valence-electron chi connectivity index (χ0n) is 16.5. The number of carbonyl (C=O) groups is 2. The average Bonchev–Trinajstić information content (AvgIpc) is 3.04. The van der Waals surface area contributed by atoms with E-state index in [1.807, 2.05) is 0 Å². The number of carboxylic acid groups (broad SMARTS) is 1. The average molecular weight is 398 g/mol. The lowest BCUT2D eigenvalue weighted by Gasteiger charge is -2.32. The number of rotatable bonds is 6. The molecular weight excluding hydrogens is 375 g/mol. The highest BCUT2D eigenvalue weighted by Crippen LogP contribution is 2.22. The summed E-state index contributed by atoms with van der Waals surface area (Å²) in [7, 11) is -1.10. The van der Waals surface area contributed by atoms with Crippen LogP contribution in [0.2, 0.25) is 0 Å². The van der Waals surface area contributed by atoms with Gasteiger partial charge in [-0.2, -0.15) is 0 Å². The molecule has 152 valence electrons. The molecule has 2 heterocycles. The van der Waals surface area contributed by atoms with Gasteiger partial charge in [-0.3, -0.25) is 4.79 Å². The number of nitrogens with two attached hydrogens (primary N) is 1. The SMILES string of the molecule is Cc1c(C(=O)N(Cc2cnc(N)nc2)[C@H](C(=O)O)C(C)C)ccc2c1B(O)OC2. The van der Waals surface area contributed by atoms with Gasteiger partial charge >= 0.3 is 13.1 Å². The topological polar surface area (TPSA) is 139 Å². The Morgan fingerprint density at radius 2 is 1.97 bits per heavy atom. The number of nitrogens with zero attached hydrogens (tertiary/aromatic N) is 3. The number of benzene rings is 1. The second-order valence-electron chi connectivity index (χ2n) is 7.38. The minimum atomic E-state index is -1.10. The van der Waals surface area contributed by atoms with Crippen molar-refractivity contribution in [1.29, 1.82) is 0 Å². The molecule has 1 aromatic heterocycles. The van der Waals surface area contributed by atoms with E-state index < -0.39 is 25.0 Å². The van der Waals surface area contributed by atoms with Gasteiger partial charge in [0.05, 0.1) is 6.61 Å². The van der Waals surface area contributed by atoms with E-state index in [9.17, 15) is 19.7 Å². The molecule has 1 aliphatic rings. The van der Waals surface area contributed by atoms with E-state index >= 15 is 0 Å². The predicted octanol–water partition coefficient (Wildman–Crippen LogP) is 0.337. The Balaban J connectivity index is 2.03. The van der Waals surface area contributed by atoms with Crippen LogP contribution in [0.25, 0.3) is 0 Å². The summed E-state index contributed by atoms with van der Waals surface area (Å²) >= 11 is 0. The number of hydrogen-bond donors (Lipinski definition) is 3. The Morgan fingerprint density at radius 1 is 1.31 bits per heavy atom. The molecule has 1 aromatic carbocycles. The lowest BCUT2D eigenvalue weighted by molar-refractivity contribution is -0.144. The largest absolute Gasteiger partial charge is 0.492 e. The summed E-state index contributed by atoms with van der Waals surface area (Å²) in [5.74, 6) is -1.81. The third-order valence-electron chi connectivity index (χ3n) is 5.04. The van der Waals surface area contributed by atoms with E-state index in [2.05, 4.69) is 9.97 Å². The summed E-state index contributed by atoms with van der Waals surface area (Å²) in [6.45, 7) is 5.48. The van der Waals surface area contributed by atoms with Crippen molar-refractivity contribution in [3.05, 3.63) is 46.8 Å². The number of fused-ring (bicyclic) bond motifs is 1. The van der Waals surface area contributed by atoms with E-state index in [1.54, 1.807) is 32.9 Å². The van der Waals surface area contributed by atoms with Crippen LogP contribution in [0.5, 0.6) is 0 Å². The molecule has 4 N–H and O–H groups in total. The number of carbonyl (C=O) groups excluding carboxylic acids is 1. The Morgan fingerprint density at radius 3 is 2.55 bits per heavy atom. The van der Waals surface area contributed by atoms with Gasteiger partial charge in [0.2, 0.25) is 5.95 Å². The quantitative estimate of drug-likeness (QED) is 0.592. The van der Waals surface area contributed by atoms with Crippen LogP contribution in [-0.4, -0.2) is 50.0 Å². The summed E-state index contributed by atoms with van der Waals surface area (Å²) in [6.07, 6.45) is 2.93. The molecule has 9 nitrogen and oxygen atoms in total. The van der Waals surface area contributed by atoms with Crippen LogP contribution in [0.1, 0.15) is 40.9 Å². The summed E-state index contributed by atoms with van der Waals surface area (Å²) in [5.41, 5.74) is 8.33. The standard InChI is InChI=1S/C19H23BN4O5/c1-10(2)16(18(26)27)24(8-12-6-22-19(21)23-7-12)17(25)14-5-4-13-9-29-20(28)15(13)11(14)3/h4-7,10,16,28H,8-9H2,1-3H3,(H,26,27)(H2,21,22,23)/t16-/m0/s1. The van der Waals surface area contributed by atoms with Crippen molar-refractivity contribution in [2.45, 2.75) is 40.0 Å². The van der Waals surface area contributed by atoms with Crippen LogP contribution in [0.3, 0.4) is 0 Å². The van der Waals surface area contributed by atoms with Crippen LogP contribution in [0.15, 0.2) is 24.5 Å². The van der Waals surface area contributed by atoms with Gasteiger partial charge in [-0.05, 0) is 35.5 Å². The molecule has 1 amide bonds. The van der Waals surface area contributed by atoms with Gasteiger partial charge in [0, 0.05) is 30.1 Å². The monoisotopic (exact) mass is 398 g/mol. The number of hydrogen-bond acceptors (Lipinski definition) is 7. The molecule has 3 rings (SSSR count). The lowest BCUT2D eigenvalue weighted by atomic mass is 9.75. The highest BCUT2D eigenvalue weighted by molar-refractivity contribution is 6.62. The first kappa shape index (κ1) is 20.8. The number of aliphatic carboxylic acids is 1. The molecule has 0 bridgehead atoms. The molecule has 2 aromatic rings. The third kappa shape index (κ3) is 4.08. The van der Waals surface area contributed by atoms with E-state index in [0.29, 0.717) is 22.2 Å². The van der Waals surface area contributed by atoms with Crippen LogP contribution in [0, 0.1) is 12.8 Å². The van der Waals surface area contributed by atoms with E-state index in [1.165, 1.54) is 17.3 Å². The van der Waals surface area contributed by atoms with Crippen LogP contribution in [0.4, 0.5) is 5.95 Å². The summed E-state index contributed by atoms with van der Waals surface area (Å²) in [6, 6.07) is 2.30. The van der Waals surface area contributed by atoms with Crippen LogP contribution in [-0.2, 0) is 22.6 Å². The Labute approximate surface area is 168 Å². The predicted molar refractivity (Wildman–Crippen MR) is 106 cm³/mol. The smallest absolute Gasteiger partial charge is 0.480 e. The van der Waals surface area contributed by atoms with Crippen LogP contribution < -0.4 is 11.2 Å². The molecular formula is C19H23BN4O5. The zero-order chi connectivity index (χ0) is 21.3. The number of aromatic nitrogens is 2. The summed E-state index contributed by atoms with van der Waals surface area (Å²) in [4.78, 5) is 34.6. The second-order valence-corrected chi connectivity index (χ2v) is 7.38. The number of amides is 1. The number of anilines is 1. The Bertz CT molecular complexity index is 935. The van der Waals surface area contributed by atoms with Crippen molar-refractivity contribution in [3.63, 3.8) is 0 Å². The van der Waals surface area contributed by atoms with Gasteiger partial charge in [0.15, 0.2) is 0 Å². The summed E-state index contributed by atoms with van der Waals surface area (Å²) in [5, 5.41) is 19.9. The van der Waals surface area contributed by atoms with E-state index in [0.717, 1.165) is 5.56 Å². The van der Waals surface area contributed by atoms with Gasteiger partial charge < -0.3 is 25.4 Å². The molecule has 0 fully saturated rings. The Kier molecular flexibility index (Phi) is 5.85. The van der Waals surface area contributed by atoms with E-state index in [-0.39, 0.29) is 25.0 Å². The second kappa shape index (κ2) is 8.18. The highest BCUT2D eigenvalue weighted by Gasteiger charge is 2.36. The van der Waals surface area contributed by atoms with Gasteiger partial charge in [-0.25, -0.2) is 14.8 Å². The lowest BCUT2D eigenvalue weighted by Crippen LogP contribution is -2.48. The van der Waals surface area contributed by atoms with Crippen molar-refractivity contribution in [1.82, 2.24) is 14.9 Å². The minimum absolute atomic E-state index is 0.00381. The van der Waals surface area contributed by atoms with Crippen molar-refractivity contribution in [3.8, 4) is 0 Å². The molecule has 1 atom stereocenters. The fraction of sp³-hybridized carbons (Fsp3) is 0.368. The third-order valence-corrected chi connectivity index (χ3v) is 5.04. The van der Waals surface area contributed by atoms with E-state index in [4.69, 9.17) is 10.4 Å². The molecule has 0 radical (unpaired) electrons. The van der Waals surface area contributed by atoms with Gasteiger partial charge in [-0.15, -0.1) is 0 Å². The molecule has 0 unspecified atom stereocenters. The van der Waals surface area contributed by atoms with Crippen molar-refractivity contribution >= 4 is 30.4 Å². The number of carboxylic acids is 1. The zero-order valence-corrected chi connectivity index (χ0v) is 16.5. The maximum Gasteiger partial charge on any atom is 0.492 e. The molecule has 29 heavy (non-hydrogen) atoms. The molecule has 0 saturated carbocycles. The van der Waals surface area contributed by atoms with Crippen molar-refractivity contribution < 1.29 is 24.4 Å². The first-order valence-corrected chi connectivity index (χ1v) is 9.23. The van der Waals surface area contributed by atoms with Crippen molar-refractivity contribution in [2.24, 2.45) is 5.92 Å². The van der Waals surface area contributed by atoms with Gasteiger partial charge in [0.1, 0.15) is 6.04 Å². The number of nitrogen functional groups attached to an aromatic ring is 1. The fourth-order valence-electron chi connectivity index (χ4n) is 3.61. The molecule has 0 saturated heterocycles. The Hall–Kier alpha value is -2.98. The highest BCUT2D eigenvalue weighted by atomic mass is 16.5. The fourth-order valence-corrected chi connectivity index (χ4v) is 3.61. The molecule has 10 heteroatoms. The molecule has 0 spiro atoms. The van der Waals surface area contributed by atoms with Crippen LogP contribution >= 0.6 is 0 Å². The van der Waals surface area contributed by atoms with Gasteiger partial charge in [-0.1, -0.05) is 19.9 Å². The maximum absolute atomic E-state index is 13.5. The molecule has 0 aliphatic carbocycles. The normalized spacial score (nSPS) is 14.0. The molecule has 1 aliphatic heterocycles. The summed E-state index contributed by atoms with van der Waals surface area (Å²) < 4.78 is 5.24. The first-order chi connectivity index (χ1) is 13.7. The first-order valence-electron chi connectivity index (χ1n) is 9.23. The minimum Gasteiger partial charge on any atom is -0.480 e.